The van der Waals surface area contributed by atoms with Gasteiger partial charge >= 0.3 is 0 Å². The molecule has 4 atom stereocenters. The van der Waals surface area contributed by atoms with Crippen LogP contribution in [-0.4, -0.2) is 50.8 Å². The van der Waals surface area contributed by atoms with Gasteiger partial charge in [0.1, 0.15) is 12.2 Å². The van der Waals surface area contributed by atoms with Crippen molar-refractivity contribution in [2.24, 2.45) is 0 Å². The lowest BCUT2D eigenvalue weighted by atomic mass is 10.2. The molecule has 0 N–H and O–H groups in total. The average Bonchev–Trinajstić information content (AvgIpc) is 3.16. The van der Waals surface area contributed by atoms with Gasteiger partial charge in [-0.2, -0.15) is 0 Å². The van der Waals surface area contributed by atoms with E-state index in [1.807, 2.05) is 0 Å². The molecule has 4 nitrogen and oxygen atoms in total. The van der Waals surface area contributed by atoms with E-state index in [9.17, 15) is 0 Å². The summed E-state index contributed by atoms with van der Waals surface area (Å²) in [6, 6.07) is 0. The Kier molecular flexibility index (Phi) is 4.58. The number of hydrogen-bond acceptors (Lipinski definition) is 4. The molecule has 0 aliphatic carbocycles. The molecule has 4 heteroatoms. The molecule has 0 aromatic rings. The highest BCUT2D eigenvalue weighted by Crippen LogP contribution is 2.21. The highest BCUT2D eigenvalue weighted by molar-refractivity contribution is 4.80. The zero-order chi connectivity index (χ0) is 11.4. The van der Waals surface area contributed by atoms with Crippen molar-refractivity contribution in [1.82, 2.24) is 0 Å². The minimum Gasteiger partial charge on any atom is -0.373 e. The summed E-state index contributed by atoms with van der Waals surface area (Å²) in [5, 5.41) is 0. The first-order valence-corrected chi connectivity index (χ1v) is 6.31. The fraction of sp³-hybridized carbons (Fsp3) is 1.00. The first-order valence-electron chi connectivity index (χ1n) is 6.31. The molecule has 2 saturated heterocycles. The zero-order valence-electron chi connectivity index (χ0n) is 10.2. The van der Waals surface area contributed by atoms with E-state index in [1.165, 1.54) is 0 Å². The quantitative estimate of drug-likeness (QED) is 0.443. The predicted octanol–water partition coefficient (Wildman–Crippen LogP) is 1.37. The smallest absolute Gasteiger partial charge is 0.107 e. The highest BCUT2D eigenvalue weighted by Gasteiger charge is 2.33. The lowest BCUT2D eigenvalue weighted by Gasteiger charge is -2.16. The van der Waals surface area contributed by atoms with Crippen molar-refractivity contribution in [1.29, 1.82) is 0 Å². The minimum absolute atomic E-state index is 0.251. The monoisotopic (exact) mass is 230 g/mol. The van der Waals surface area contributed by atoms with Gasteiger partial charge in [0.2, 0.25) is 0 Å². The molecule has 2 aliphatic heterocycles. The van der Waals surface area contributed by atoms with Crippen LogP contribution < -0.4 is 0 Å². The fourth-order valence-corrected chi connectivity index (χ4v) is 1.92. The number of ether oxygens (including phenoxy) is 4. The second kappa shape index (κ2) is 5.96. The van der Waals surface area contributed by atoms with Crippen LogP contribution in [0.2, 0.25) is 0 Å². The highest BCUT2D eigenvalue weighted by atomic mass is 16.6. The third-order valence-electron chi connectivity index (χ3n) is 3.10. The predicted molar refractivity (Wildman–Crippen MR) is 59.5 cm³/mol. The molecule has 16 heavy (non-hydrogen) atoms. The summed E-state index contributed by atoms with van der Waals surface area (Å²) in [7, 11) is 0. The molecule has 2 heterocycles. The van der Waals surface area contributed by atoms with Gasteiger partial charge in [-0.05, 0) is 12.8 Å². The van der Waals surface area contributed by atoms with Crippen LogP contribution >= 0.6 is 0 Å². The van der Waals surface area contributed by atoms with E-state index in [-0.39, 0.29) is 12.2 Å². The topological polar surface area (TPSA) is 43.5 Å². The average molecular weight is 230 g/mol. The van der Waals surface area contributed by atoms with Gasteiger partial charge in [0.25, 0.3) is 0 Å². The number of epoxide rings is 2. The molecule has 0 aromatic heterocycles. The Bertz CT molecular complexity index is 179. The van der Waals surface area contributed by atoms with Gasteiger partial charge in [-0.15, -0.1) is 0 Å². The van der Waals surface area contributed by atoms with Crippen LogP contribution in [0.25, 0.3) is 0 Å². The summed E-state index contributed by atoms with van der Waals surface area (Å²) in [4.78, 5) is 0. The van der Waals surface area contributed by atoms with Crippen LogP contribution in [0.5, 0.6) is 0 Å². The summed E-state index contributed by atoms with van der Waals surface area (Å²) in [6.07, 6.45) is 3.18. The summed E-state index contributed by atoms with van der Waals surface area (Å²) >= 11 is 0. The van der Waals surface area contributed by atoms with Gasteiger partial charge in [-0.3, -0.25) is 0 Å². The molecular weight excluding hydrogens is 208 g/mol. The molecule has 2 fully saturated rings. The van der Waals surface area contributed by atoms with Crippen molar-refractivity contribution in [3.63, 3.8) is 0 Å². The minimum atomic E-state index is 0.251. The second-order valence-corrected chi connectivity index (χ2v) is 4.38. The van der Waals surface area contributed by atoms with Crippen LogP contribution in [0.3, 0.4) is 0 Å². The first kappa shape index (κ1) is 12.3. The van der Waals surface area contributed by atoms with Crippen molar-refractivity contribution in [3.05, 3.63) is 0 Å². The summed E-state index contributed by atoms with van der Waals surface area (Å²) in [5.74, 6) is 0. The molecule has 0 bridgehead atoms. The molecule has 94 valence electrons. The zero-order valence-corrected chi connectivity index (χ0v) is 10.2. The summed E-state index contributed by atoms with van der Waals surface area (Å²) in [6.45, 7) is 7.27. The Labute approximate surface area is 97.2 Å². The lowest BCUT2D eigenvalue weighted by Crippen LogP contribution is -2.25. The van der Waals surface area contributed by atoms with Gasteiger partial charge in [-0.1, -0.05) is 13.8 Å². The number of hydrogen-bond donors (Lipinski definition) is 0. The van der Waals surface area contributed by atoms with Crippen molar-refractivity contribution < 1.29 is 18.9 Å². The van der Waals surface area contributed by atoms with Gasteiger partial charge in [0.05, 0.1) is 38.6 Å². The Morgan fingerprint density at radius 2 is 1.31 bits per heavy atom. The first-order chi connectivity index (χ1) is 7.85. The fourth-order valence-electron chi connectivity index (χ4n) is 1.92. The van der Waals surface area contributed by atoms with Crippen LogP contribution in [0, 0.1) is 0 Å². The molecule has 2 rings (SSSR count). The molecular formula is C12H22O4. The molecule has 2 aliphatic rings. The van der Waals surface area contributed by atoms with E-state index in [0.717, 1.165) is 26.1 Å². The molecule has 0 aromatic carbocycles. The molecule has 4 unspecified atom stereocenters. The van der Waals surface area contributed by atoms with Crippen molar-refractivity contribution in [3.8, 4) is 0 Å². The van der Waals surface area contributed by atoms with Crippen LogP contribution in [0.4, 0.5) is 0 Å². The SMILES string of the molecule is CCC(OCCOC(CC)C1CO1)C1CO1. The molecule has 0 radical (unpaired) electrons. The Balaban J connectivity index is 1.52. The van der Waals surface area contributed by atoms with Gasteiger partial charge in [0, 0.05) is 0 Å². The van der Waals surface area contributed by atoms with Crippen LogP contribution in [0.1, 0.15) is 26.7 Å². The van der Waals surface area contributed by atoms with Crippen molar-refractivity contribution in [2.75, 3.05) is 26.4 Å². The second-order valence-electron chi connectivity index (χ2n) is 4.38. The maximum absolute atomic E-state index is 5.72. The van der Waals surface area contributed by atoms with Crippen LogP contribution in [0.15, 0.2) is 0 Å². The third kappa shape index (κ3) is 3.70. The summed E-state index contributed by atoms with van der Waals surface area (Å²) in [5.41, 5.74) is 0. The maximum atomic E-state index is 5.72. The normalized spacial score (nSPS) is 31.1. The Hall–Kier alpha value is -0.160. The van der Waals surface area contributed by atoms with E-state index in [4.69, 9.17) is 18.9 Å². The van der Waals surface area contributed by atoms with Crippen molar-refractivity contribution >= 4 is 0 Å². The van der Waals surface area contributed by atoms with E-state index in [2.05, 4.69) is 13.8 Å². The molecule has 0 spiro atoms. The number of rotatable bonds is 9. The maximum Gasteiger partial charge on any atom is 0.107 e. The van der Waals surface area contributed by atoms with E-state index in [0.29, 0.717) is 25.4 Å². The standard InChI is InChI=1S/C12H22O4/c1-3-9(11-7-15-11)13-5-6-14-10(4-2)12-8-16-12/h9-12H,3-8H2,1-2H3. The van der Waals surface area contributed by atoms with Crippen molar-refractivity contribution in [2.45, 2.75) is 51.1 Å². The Morgan fingerprint density at radius 1 is 0.938 bits per heavy atom. The van der Waals surface area contributed by atoms with Gasteiger partial charge in [-0.25, -0.2) is 0 Å². The van der Waals surface area contributed by atoms with E-state index >= 15 is 0 Å². The van der Waals surface area contributed by atoms with E-state index in [1.54, 1.807) is 0 Å². The van der Waals surface area contributed by atoms with E-state index < -0.39 is 0 Å². The largest absolute Gasteiger partial charge is 0.373 e. The third-order valence-corrected chi connectivity index (χ3v) is 3.10. The van der Waals surface area contributed by atoms with Gasteiger partial charge < -0.3 is 18.9 Å². The molecule has 0 saturated carbocycles. The van der Waals surface area contributed by atoms with Gasteiger partial charge in [0.15, 0.2) is 0 Å². The van der Waals surface area contributed by atoms with Crippen LogP contribution in [-0.2, 0) is 18.9 Å². The summed E-state index contributed by atoms with van der Waals surface area (Å²) < 4.78 is 21.9. The molecule has 0 amide bonds. The lowest BCUT2D eigenvalue weighted by molar-refractivity contribution is -0.0375. The Morgan fingerprint density at radius 3 is 1.56 bits per heavy atom.